The molecule has 0 radical (unpaired) electrons. The van der Waals surface area contributed by atoms with Crippen molar-refractivity contribution in [2.45, 2.75) is 206 Å². The first-order valence-electron chi connectivity index (χ1n) is 21.4. The molecule has 0 aliphatic rings. The highest BCUT2D eigenvalue weighted by Crippen LogP contribution is 2.29. The van der Waals surface area contributed by atoms with E-state index in [-0.39, 0.29) is 19.4 Å². The predicted molar refractivity (Wildman–Crippen MR) is 217 cm³/mol. The lowest BCUT2D eigenvalue weighted by molar-refractivity contribution is -0.167. The third-order valence-corrected chi connectivity index (χ3v) is 9.86. The number of aliphatic hydroxyl groups is 1. The quantitative estimate of drug-likeness (QED) is 0.0154. The van der Waals surface area contributed by atoms with Gasteiger partial charge in [0.2, 0.25) is 0 Å². The summed E-state index contributed by atoms with van der Waals surface area (Å²) in [6.45, 7) is 2.72. The molecule has 0 aromatic rings. The van der Waals surface area contributed by atoms with Gasteiger partial charge in [0.25, 0.3) is 0 Å². The van der Waals surface area contributed by atoms with Gasteiger partial charge in [-0.15, -0.1) is 0 Å². The summed E-state index contributed by atoms with van der Waals surface area (Å²) >= 11 is 0. The number of hydrogen-bond acceptors (Lipinski definition) is 8. The molecule has 0 rings (SSSR count). The van der Waals surface area contributed by atoms with Crippen LogP contribution in [0.2, 0.25) is 0 Å². The van der Waals surface area contributed by atoms with E-state index in [9.17, 15) is 24.1 Å². The molecule has 2 atom stereocenters. The Labute approximate surface area is 328 Å². The summed E-state index contributed by atoms with van der Waals surface area (Å²) < 4.78 is 27.1. The molecule has 4 N–H and O–H groups in total. The van der Waals surface area contributed by atoms with Gasteiger partial charge in [0.1, 0.15) is 19.3 Å². The Bertz CT molecular complexity index is 1020. The summed E-state index contributed by atoms with van der Waals surface area (Å²) in [5.41, 5.74) is 0. The van der Waals surface area contributed by atoms with Crippen LogP contribution in [0.1, 0.15) is 194 Å². The number of hydrogen-bond donors (Lipinski definition) is 4. The molecule has 1 unspecified atom stereocenters. The minimum atomic E-state index is -4.83. The van der Waals surface area contributed by atoms with Crippen molar-refractivity contribution >= 4 is 25.7 Å². The molecule has 11 nitrogen and oxygen atoms in total. The Morgan fingerprint density at radius 3 is 1.33 bits per heavy atom. The molecule has 0 fully saturated rings. The normalized spacial score (nSPS) is 13.1. The van der Waals surface area contributed by atoms with Crippen LogP contribution in [0.25, 0.3) is 0 Å². The topological polar surface area (TPSA) is 169 Å². The van der Waals surface area contributed by atoms with E-state index in [1.165, 1.54) is 77.0 Å². The zero-order valence-corrected chi connectivity index (χ0v) is 34.9. The Morgan fingerprint density at radius 1 is 0.556 bits per heavy atom. The van der Waals surface area contributed by atoms with Crippen LogP contribution in [-0.4, -0.2) is 64.8 Å². The smallest absolute Gasteiger partial charge is 0.401 e. The molecule has 0 heterocycles. The second kappa shape index (κ2) is 37.9. The molecule has 0 saturated heterocycles. The van der Waals surface area contributed by atoms with Crippen LogP contribution in [0, 0.1) is 0 Å². The molecule has 0 saturated carbocycles. The van der Waals surface area contributed by atoms with Crippen molar-refractivity contribution in [3.8, 4) is 0 Å². The monoisotopic (exact) mass is 788 g/mol. The van der Waals surface area contributed by atoms with Crippen molar-refractivity contribution < 1.29 is 48.1 Å². The van der Waals surface area contributed by atoms with E-state index in [0.29, 0.717) is 12.8 Å². The van der Waals surface area contributed by atoms with Gasteiger partial charge in [0.05, 0.1) is 6.61 Å². The summed E-state index contributed by atoms with van der Waals surface area (Å²) in [5.74, 6) is -2.11. The zero-order chi connectivity index (χ0) is 40.0. The van der Waals surface area contributed by atoms with Crippen LogP contribution in [0.5, 0.6) is 0 Å². The van der Waals surface area contributed by atoms with E-state index < -0.39 is 51.0 Å². The minimum absolute atomic E-state index is 0.157. The van der Waals surface area contributed by atoms with E-state index in [0.717, 1.165) is 77.0 Å². The van der Waals surface area contributed by atoms with Gasteiger partial charge in [0.15, 0.2) is 6.10 Å². The fraction of sp³-hybridized carbons (Fsp3) is 0.833. The average molecular weight is 788 g/mol. The number of nitrogens with one attached hydrogen (secondary N) is 1. The number of aliphatic hydroxyl groups excluding tert-OH is 1. The van der Waals surface area contributed by atoms with Gasteiger partial charge in [-0.1, -0.05) is 141 Å². The van der Waals surface area contributed by atoms with Gasteiger partial charge in [-0.05, 0) is 64.2 Å². The summed E-state index contributed by atoms with van der Waals surface area (Å²) in [5, 5.41) is 11.1. The van der Waals surface area contributed by atoms with Crippen molar-refractivity contribution in [3.63, 3.8) is 0 Å². The molecule has 0 aromatic carbocycles. The first-order chi connectivity index (χ1) is 26.1. The number of ether oxygens (including phenoxy) is 3. The minimum Gasteiger partial charge on any atom is -0.462 e. The molecule has 12 heteroatoms. The molecule has 54 heavy (non-hydrogen) atoms. The van der Waals surface area contributed by atoms with Gasteiger partial charge in [-0.25, -0.2) is 9.65 Å². The Balaban J connectivity index is 4.42. The standard InChI is InChI=1S/C42H78NO10P/c1-3-5-7-9-11-13-15-17-19-21-23-25-27-29-31-33-40(45)51-36-38(37-52-42(47)39(35-44)43-54(48,49)50)53-41(46)34-32-30-28-26-24-22-20-18-16-14-12-10-8-6-4-2/h17-20,38-39,44H,3-16,21-37H2,1-2H3,(H3,43,48,49,50)/b19-17-,20-18-/t38?,39-/m0/s1. The fourth-order valence-electron chi connectivity index (χ4n) is 5.95. The fourth-order valence-corrected chi connectivity index (χ4v) is 6.54. The summed E-state index contributed by atoms with van der Waals surface area (Å²) in [6, 6.07) is -1.68. The lowest BCUT2D eigenvalue weighted by Gasteiger charge is -2.20. The molecule has 0 spiro atoms. The third kappa shape index (κ3) is 36.9. The maximum absolute atomic E-state index is 12.6. The second-order valence-electron chi connectivity index (χ2n) is 14.5. The average Bonchev–Trinajstić information content (AvgIpc) is 3.14. The predicted octanol–water partition coefficient (Wildman–Crippen LogP) is 10.1. The molecular formula is C42H78NO10P. The molecule has 0 aliphatic heterocycles. The zero-order valence-electron chi connectivity index (χ0n) is 34.0. The van der Waals surface area contributed by atoms with Crippen LogP contribution in [-0.2, 0) is 33.2 Å². The molecule has 0 aliphatic carbocycles. The number of unbranched alkanes of at least 4 members (excludes halogenated alkanes) is 22. The number of carbonyl (C=O) groups is 3. The lowest BCUT2D eigenvalue weighted by atomic mass is 10.1. The Hall–Kier alpha value is -2.04. The highest BCUT2D eigenvalue weighted by molar-refractivity contribution is 7.49. The molecule has 0 amide bonds. The summed E-state index contributed by atoms with van der Waals surface area (Å²) in [7, 11) is -4.83. The van der Waals surface area contributed by atoms with Gasteiger partial charge >= 0.3 is 25.7 Å². The SMILES string of the molecule is CCCCCCCC/C=C\CCCCCCCC(=O)OCC(COC(=O)[C@H](CO)NP(=O)(O)O)OC(=O)CCCCCCC/C=C\CCCCCCCC. The number of esters is 3. The van der Waals surface area contributed by atoms with Crippen molar-refractivity contribution in [3.05, 3.63) is 24.3 Å². The van der Waals surface area contributed by atoms with Crippen molar-refractivity contribution in [2.24, 2.45) is 0 Å². The molecule has 0 bridgehead atoms. The lowest BCUT2D eigenvalue weighted by Crippen LogP contribution is -2.41. The largest absolute Gasteiger partial charge is 0.462 e. The van der Waals surface area contributed by atoms with E-state index in [1.807, 2.05) is 0 Å². The second-order valence-corrected chi connectivity index (χ2v) is 15.8. The summed E-state index contributed by atoms with van der Waals surface area (Å²) in [6.07, 6.45) is 38.1. The van der Waals surface area contributed by atoms with Crippen molar-refractivity contribution in [2.75, 3.05) is 19.8 Å². The number of carbonyl (C=O) groups excluding carboxylic acids is 3. The number of allylic oxidation sites excluding steroid dienone is 4. The highest BCUT2D eigenvalue weighted by atomic mass is 31.2. The first-order valence-corrected chi connectivity index (χ1v) is 23.0. The summed E-state index contributed by atoms with van der Waals surface area (Å²) in [4.78, 5) is 55.6. The molecule has 316 valence electrons. The van der Waals surface area contributed by atoms with Crippen LogP contribution in [0.3, 0.4) is 0 Å². The van der Waals surface area contributed by atoms with E-state index >= 15 is 0 Å². The molecule has 0 aromatic heterocycles. The van der Waals surface area contributed by atoms with Gasteiger partial charge in [-0.2, -0.15) is 0 Å². The third-order valence-electron chi connectivity index (χ3n) is 9.22. The maximum atomic E-state index is 12.6. The van der Waals surface area contributed by atoms with E-state index in [2.05, 4.69) is 38.2 Å². The highest BCUT2D eigenvalue weighted by Gasteiger charge is 2.28. The van der Waals surface area contributed by atoms with Gasteiger partial charge in [0, 0.05) is 12.8 Å². The van der Waals surface area contributed by atoms with Crippen LogP contribution >= 0.6 is 7.75 Å². The van der Waals surface area contributed by atoms with Crippen LogP contribution in [0.15, 0.2) is 24.3 Å². The van der Waals surface area contributed by atoms with Gasteiger partial charge in [-0.3, -0.25) is 14.4 Å². The maximum Gasteiger partial charge on any atom is 0.401 e. The Morgan fingerprint density at radius 2 is 0.926 bits per heavy atom. The van der Waals surface area contributed by atoms with Crippen molar-refractivity contribution in [1.82, 2.24) is 5.09 Å². The van der Waals surface area contributed by atoms with Gasteiger partial charge < -0.3 is 29.1 Å². The first kappa shape index (κ1) is 52.0. The van der Waals surface area contributed by atoms with Crippen LogP contribution in [0.4, 0.5) is 0 Å². The van der Waals surface area contributed by atoms with E-state index in [4.69, 9.17) is 24.0 Å². The Kier molecular flexibility index (Phi) is 36.4. The van der Waals surface area contributed by atoms with Crippen molar-refractivity contribution in [1.29, 1.82) is 0 Å². The molecular weight excluding hydrogens is 709 g/mol. The van der Waals surface area contributed by atoms with E-state index in [1.54, 1.807) is 5.09 Å². The van der Waals surface area contributed by atoms with Crippen LogP contribution < -0.4 is 5.09 Å². The number of rotatable bonds is 39.